The molecule has 25 heavy (non-hydrogen) atoms. The lowest BCUT2D eigenvalue weighted by Gasteiger charge is -2.18. The molecule has 0 amide bonds. The molecule has 2 atom stereocenters. The number of hydrogen-bond acceptors (Lipinski definition) is 4. The molecule has 0 aliphatic rings. The molecule has 0 radical (unpaired) electrons. The number of nitrogens with zero attached hydrogens (tertiary/aromatic N) is 4. The van der Waals surface area contributed by atoms with Gasteiger partial charge in [0, 0.05) is 18.8 Å². The number of aliphatic hydroxyl groups is 1. The van der Waals surface area contributed by atoms with Crippen LogP contribution in [-0.2, 0) is 13.1 Å². The second-order valence-corrected chi connectivity index (χ2v) is 7.02. The molecule has 0 aliphatic carbocycles. The summed E-state index contributed by atoms with van der Waals surface area (Å²) in [6.07, 6.45) is 5.22. The molecule has 2 heterocycles. The monoisotopic (exact) mass is 341 g/mol. The van der Waals surface area contributed by atoms with Crippen LogP contribution in [0.15, 0.2) is 30.9 Å². The van der Waals surface area contributed by atoms with Crippen LogP contribution in [0.25, 0.3) is 11.0 Å². The molecule has 0 unspecified atom stereocenters. The SMILES string of the molecule is Cc1cnn(C[C@H](C)NC[C@H](O)Cn2cnc3cc(C)c(C)cc32)c1. The first kappa shape index (κ1) is 17.6. The number of imidazole rings is 1. The number of aromatic nitrogens is 4. The third kappa shape index (κ3) is 4.27. The van der Waals surface area contributed by atoms with E-state index in [1.807, 2.05) is 34.9 Å². The number of aryl methyl sites for hydroxylation is 3. The average molecular weight is 341 g/mol. The molecule has 0 saturated carbocycles. The number of hydrogen-bond donors (Lipinski definition) is 2. The van der Waals surface area contributed by atoms with E-state index in [1.165, 1.54) is 11.1 Å². The van der Waals surface area contributed by atoms with E-state index >= 15 is 0 Å². The first-order chi connectivity index (χ1) is 11.9. The van der Waals surface area contributed by atoms with Crippen molar-refractivity contribution < 1.29 is 5.11 Å². The smallest absolute Gasteiger partial charge is 0.0959 e. The quantitative estimate of drug-likeness (QED) is 0.691. The summed E-state index contributed by atoms with van der Waals surface area (Å²) in [5.74, 6) is 0. The summed E-state index contributed by atoms with van der Waals surface area (Å²) < 4.78 is 3.95. The maximum absolute atomic E-state index is 10.4. The Balaban J connectivity index is 1.55. The molecular formula is C19H27N5O. The van der Waals surface area contributed by atoms with Crippen LogP contribution in [0.3, 0.4) is 0 Å². The molecule has 3 aromatic rings. The zero-order valence-corrected chi connectivity index (χ0v) is 15.4. The molecule has 0 bridgehead atoms. The second kappa shape index (κ2) is 7.37. The highest BCUT2D eigenvalue weighted by molar-refractivity contribution is 5.77. The Morgan fingerprint density at radius 3 is 2.64 bits per heavy atom. The van der Waals surface area contributed by atoms with Crippen LogP contribution >= 0.6 is 0 Å². The number of nitrogens with one attached hydrogen (secondary N) is 1. The summed E-state index contributed by atoms with van der Waals surface area (Å²) in [6, 6.07) is 4.47. The maximum Gasteiger partial charge on any atom is 0.0959 e. The summed E-state index contributed by atoms with van der Waals surface area (Å²) in [6.45, 7) is 10.2. The lowest BCUT2D eigenvalue weighted by atomic mass is 10.1. The van der Waals surface area contributed by atoms with Gasteiger partial charge < -0.3 is 15.0 Å². The van der Waals surface area contributed by atoms with Crippen LogP contribution in [0.5, 0.6) is 0 Å². The third-order valence-electron chi connectivity index (χ3n) is 4.57. The molecule has 2 N–H and O–H groups in total. The van der Waals surface area contributed by atoms with Crippen molar-refractivity contribution in [2.75, 3.05) is 6.54 Å². The van der Waals surface area contributed by atoms with Crippen LogP contribution in [0.1, 0.15) is 23.6 Å². The van der Waals surface area contributed by atoms with Crippen molar-refractivity contribution in [3.05, 3.63) is 47.5 Å². The summed E-state index contributed by atoms with van der Waals surface area (Å²) >= 11 is 0. The van der Waals surface area contributed by atoms with Crippen LogP contribution in [0.2, 0.25) is 0 Å². The van der Waals surface area contributed by atoms with Crippen molar-refractivity contribution in [1.29, 1.82) is 0 Å². The van der Waals surface area contributed by atoms with Crippen molar-refractivity contribution >= 4 is 11.0 Å². The molecule has 0 fully saturated rings. The summed E-state index contributed by atoms with van der Waals surface area (Å²) in [7, 11) is 0. The Morgan fingerprint density at radius 2 is 1.92 bits per heavy atom. The van der Waals surface area contributed by atoms with E-state index in [-0.39, 0.29) is 6.04 Å². The molecule has 0 aliphatic heterocycles. The molecule has 1 aromatic carbocycles. The molecule has 134 valence electrons. The van der Waals surface area contributed by atoms with Crippen LogP contribution in [0, 0.1) is 20.8 Å². The van der Waals surface area contributed by atoms with Gasteiger partial charge >= 0.3 is 0 Å². The van der Waals surface area contributed by atoms with Crippen molar-refractivity contribution in [2.45, 2.75) is 52.9 Å². The Kier molecular flexibility index (Phi) is 5.20. The predicted molar refractivity (Wildman–Crippen MR) is 99.6 cm³/mol. The highest BCUT2D eigenvalue weighted by Gasteiger charge is 2.11. The second-order valence-electron chi connectivity index (χ2n) is 7.02. The van der Waals surface area contributed by atoms with Gasteiger partial charge in [0.1, 0.15) is 0 Å². The van der Waals surface area contributed by atoms with Crippen LogP contribution < -0.4 is 5.32 Å². The highest BCUT2D eigenvalue weighted by Crippen LogP contribution is 2.18. The Labute approximate surface area is 148 Å². The van der Waals surface area contributed by atoms with Crippen LogP contribution in [-0.4, -0.2) is 43.1 Å². The fraction of sp³-hybridized carbons (Fsp3) is 0.474. The minimum atomic E-state index is -0.471. The normalized spacial score (nSPS) is 14.1. The van der Waals surface area contributed by atoms with E-state index in [0.717, 1.165) is 23.1 Å². The first-order valence-corrected chi connectivity index (χ1v) is 8.75. The van der Waals surface area contributed by atoms with Gasteiger partial charge in [-0.05, 0) is 56.5 Å². The largest absolute Gasteiger partial charge is 0.390 e. The van der Waals surface area contributed by atoms with Gasteiger partial charge in [0.15, 0.2) is 0 Å². The summed E-state index contributed by atoms with van der Waals surface area (Å²) in [5.41, 5.74) is 5.69. The first-order valence-electron chi connectivity index (χ1n) is 8.75. The molecule has 0 spiro atoms. The van der Waals surface area contributed by atoms with Gasteiger partial charge in [-0.2, -0.15) is 5.10 Å². The zero-order chi connectivity index (χ0) is 18.0. The minimum Gasteiger partial charge on any atom is -0.390 e. The molecule has 6 heteroatoms. The number of rotatable bonds is 7. The van der Waals surface area contributed by atoms with E-state index in [1.54, 1.807) is 0 Å². The van der Waals surface area contributed by atoms with Gasteiger partial charge in [-0.15, -0.1) is 0 Å². The lowest BCUT2D eigenvalue weighted by Crippen LogP contribution is -2.38. The Morgan fingerprint density at radius 1 is 1.16 bits per heavy atom. The number of aliphatic hydroxyl groups excluding tert-OH is 1. The Bertz CT molecular complexity index is 851. The number of fused-ring (bicyclic) bond motifs is 1. The zero-order valence-electron chi connectivity index (χ0n) is 15.4. The third-order valence-corrected chi connectivity index (χ3v) is 4.57. The molecule has 0 saturated heterocycles. The number of benzene rings is 1. The topological polar surface area (TPSA) is 67.9 Å². The van der Waals surface area contributed by atoms with Crippen molar-refractivity contribution in [3.63, 3.8) is 0 Å². The summed E-state index contributed by atoms with van der Waals surface area (Å²) in [4.78, 5) is 4.45. The molecular weight excluding hydrogens is 314 g/mol. The lowest BCUT2D eigenvalue weighted by molar-refractivity contribution is 0.148. The minimum absolute atomic E-state index is 0.235. The van der Waals surface area contributed by atoms with Gasteiger partial charge in [-0.25, -0.2) is 4.98 Å². The molecule has 6 nitrogen and oxygen atoms in total. The van der Waals surface area contributed by atoms with Gasteiger partial charge in [0.2, 0.25) is 0 Å². The van der Waals surface area contributed by atoms with E-state index in [2.05, 4.69) is 48.3 Å². The van der Waals surface area contributed by atoms with E-state index in [9.17, 15) is 5.11 Å². The Hall–Kier alpha value is -2.18. The van der Waals surface area contributed by atoms with Crippen molar-refractivity contribution in [1.82, 2.24) is 24.6 Å². The van der Waals surface area contributed by atoms with Gasteiger partial charge in [0.25, 0.3) is 0 Å². The van der Waals surface area contributed by atoms with Gasteiger partial charge in [-0.3, -0.25) is 4.68 Å². The van der Waals surface area contributed by atoms with E-state index in [0.29, 0.717) is 13.1 Å². The van der Waals surface area contributed by atoms with Gasteiger partial charge in [0.05, 0.1) is 42.8 Å². The molecule has 2 aromatic heterocycles. The van der Waals surface area contributed by atoms with E-state index in [4.69, 9.17) is 0 Å². The summed E-state index contributed by atoms with van der Waals surface area (Å²) in [5, 5.41) is 18.1. The van der Waals surface area contributed by atoms with E-state index < -0.39 is 6.10 Å². The average Bonchev–Trinajstić information content (AvgIpc) is 3.13. The fourth-order valence-electron chi connectivity index (χ4n) is 3.00. The maximum atomic E-state index is 10.4. The van der Waals surface area contributed by atoms with Crippen molar-refractivity contribution in [2.24, 2.45) is 0 Å². The molecule has 3 rings (SSSR count). The highest BCUT2D eigenvalue weighted by atomic mass is 16.3. The fourth-order valence-corrected chi connectivity index (χ4v) is 3.00. The van der Waals surface area contributed by atoms with Crippen molar-refractivity contribution in [3.8, 4) is 0 Å². The van der Waals surface area contributed by atoms with Gasteiger partial charge in [-0.1, -0.05) is 0 Å². The predicted octanol–water partition coefficient (Wildman–Crippen LogP) is 2.20. The van der Waals surface area contributed by atoms with Crippen LogP contribution in [0.4, 0.5) is 0 Å². The standard InChI is InChI=1S/C19H27N5O/c1-13-7-22-24(9-13)10-16(4)20-8-17(25)11-23-12-21-18-5-14(2)15(3)6-19(18)23/h5-7,9,12,16-17,20,25H,8,10-11H2,1-4H3/t16-,17-/m0/s1.